The summed E-state index contributed by atoms with van der Waals surface area (Å²) < 4.78 is 27.5. The number of sulfonamides is 1. The molecule has 0 aromatic heterocycles. The summed E-state index contributed by atoms with van der Waals surface area (Å²) in [6, 6.07) is 6.62. The maximum absolute atomic E-state index is 13.0. The lowest BCUT2D eigenvalue weighted by molar-refractivity contribution is -0.120. The topological polar surface area (TPSA) is 66.5 Å². The van der Waals surface area contributed by atoms with E-state index in [1.807, 2.05) is 0 Å². The second kappa shape index (κ2) is 10.8. The maximum Gasteiger partial charge on any atom is 0.243 e. The summed E-state index contributed by atoms with van der Waals surface area (Å²) in [6.07, 6.45) is 8.97. The van der Waals surface area contributed by atoms with Crippen LogP contribution in [0.2, 0.25) is 0 Å². The van der Waals surface area contributed by atoms with Crippen LogP contribution >= 0.6 is 0 Å². The Morgan fingerprint density at radius 3 is 2.07 bits per heavy atom. The minimum absolute atomic E-state index is 0.0535. The largest absolute Gasteiger partial charge is 0.326 e. The first kappa shape index (κ1) is 21.9. The molecule has 0 saturated heterocycles. The summed E-state index contributed by atoms with van der Waals surface area (Å²) in [5, 5.41) is 2.94. The number of unbranched alkanes of at least 4 members (excludes halogenated alkanes) is 2. The summed E-state index contributed by atoms with van der Waals surface area (Å²) in [5.41, 5.74) is 0.665. The van der Waals surface area contributed by atoms with Crippen molar-refractivity contribution in [1.29, 1.82) is 0 Å². The van der Waals surface area contributed by atoms with E-state index in [2.05, 4.69) is 19.2 Å². The molecule has 1 aliphatic rings. The Morgan fingerprint density at radius 2 is 1.56 bits per heavy atom. The highest BCUT2D eigenvalue weighted by molar-refractivity contribution is 7.89. The van der Waals surface area contributed by atoms with Crippen LogP contribution in [0.3, 0.4) is 0 Å². The van der Waals surface area contributed by atoms with Crippen LogP contribution in [0.25, 0.3) is 0 Å². The van der Waals surface area contributed by atoms with Gasteiger partial charge in [-0.1, -0.05) is 46.0 Å². The van der Waals surface area contributed by atoms with Crippen molar-refractivity contribution in [3.63, 3.8) is 0 Å². The summed E-state index contributed by atoms with van der Waals surface area (Å²) in [7, 11) is -3.49. The first-order valence-corrected chi connectivity index (χ1v) is 11.8. The van der Waals surface area contributed by atoms with Crippen molar-refractivity contribution >= 4 is 21.6 Å². The van der Waals surface area contributed by atoms with E-state index in [0.29, 0.717) is 23.7 Å². The second-order valence-corrected chi connectivity index (χ2v) is 9.40. The number of hydrogen-bond donors (Lipinski definition) is 1. The van der Waals surface area contributed by atoms with Gasteiger partial charge in [-0.05, 0) is 49.9 Å². The Bertz CT molecular complexity index is 672. The molecular formula is C21H34N2O3S. The van der Waals surface area contributed by atoms with Crippen molar-refractivity contribution in [3.05, 3.63) is 24.3 Å². The van der Waals surface area contributed by atoms with E-state index in [9.17, 15) is 13.2 Å². The van der Waals surface area contributed by atoms with Crippen molar-refractivity contribution in [2.75, 3.05) is 18.4 Å². The molecule has 1 aromatic rings. The summed E-state index contributed by atoms with van der Waals surface area (Å²) in [5.74, 6) is 0.138. The molecule has 0 heterocycles. The number of benzene rings is 1. The van der Waals surface area contributed by atoms with Gasteiger partial charge in [0.1, 0.15) is 0 Å². The van der Waals surface area contributed by atoms with Crippen molar-refractivity contribution < 1.29 is 13.2 Å². The van der Waals surface area contributed by atoms with Gasteiger partial charge in [0.25, 0.3) is 0 Å². The molecule has 0 radical (unpaired) electrons. The quantitative estimate of drug-likeness (QED) is 0.620. The van der Waals surface area contributed by atoms with Crippen LogP contribution in [-0.2, 0) is 14.8 Å². The van der Waals surface area contributed by atoms with E-state index in [4.69, 9.17) is 0 Å². The van der Waals surface area contributed by atoms with E-state index in [1.54, 1.807) is 28.6 Å². The van der Waals surface area contributed by atoms with Crippen molar-refractivity contribution in [3.8, 4) is 0 Å². The molecule has 2 rings (SSSR count). The first-order chi connectivity index (χ1) is 13.0. The minimum Gasteiger partial charge on any atom is -0.326 e. The van der Waals surface area contributed by atoms with E-state index < -0.39 is 10.0 Å². The second-order valence-electron chi connectivity index (χ2n) is 7.46. The third kappa shape index (κ3) is 6.32. The molecule has 6 heteroatoms. The zero-order chi connectivity index (χ0) is 19.7. The van der Waals surface area contributed by atoms with Crippen molar-refractivity contribution in [1.82, 2.24) is 4.31 Å². The standard InChI is InChI=1S/C21H34N2O3S/c1-3-5-16-23(17-6-4-2)27(25,26)20-14-12-19(13-15-20)22-21(24)18-10-8-7-9-11-18/h12-15,18H,3-11,16-17H2,1-2H3,(H,22,24). The zero-order valence-electron chi connectivity index (χ0n) is 16.7. The van der Waals surface area contributed by atoms with Gasteiger partial charge in [-0.25, -0.2) is 8.42 Å². The fourth-order valence-corrected chi connectivity index (χ4v) is 5.01. The lowest BCUT2D eigenvalue weighted by atomic mass is 9.88. The molecule has 5 nitrogen and oxygen atoms in total. The highest BCUT2D eigenvalue weighted by Gasteiger charge is 2.24. The van der Waals surface area contributed by atoms with E-state index in [0.717, 1.165) is 51.4 Å². The van der Waals surface area contributed by atoms with E-state index in [-0.39, 0.29) is 11.8 Å². The van der Waals surface area contributed by atoms with Gasteiger partial charge in [-0.2, -0.15) is 4.31 Å². The highest BCUT2D eigenvalue weighted by Crippen LogP contribution is 2.25. The summed E-state index contributed by atoms with van der Waals surface area (Å²) in [4.78, 5) is 12.7. The fraction of sp³-hybridized carbons (Fsp3) is 0.667. The third-order valence-electron chi connectivity index (χ3n) is 5.26. The highest BCUT2D eigenvalue weighted by atomic mass is 32.2. The molecule has 0 aliphatic heterocycles. The monoisotopic (exact) mass is 394 g/mol. The van der Waals surface area contributed by atoms with E-state index >= 15 is 0 Å². The molecule has 27 heavy (non-hydrogen) atoms. The average molecular weight is 395 g/mol. The summed E-state index contributed by atoms with van der Waals surface area (Å²) >= 11 is 0. The van der Waals surface area contributed by atoms with Crippen LogP contribution in [0.4, 0.5) is 5.69 Å². The molecule has 0 atom stereocenters. The Labute approximate surface area is 164 Å². The molecule has 0 unspecified atom stereocenters. The number of carbonyl (C=O) groups is 1. The summed E-state index contributed by atoms with van der Waals surface area (Å²) in [6.45, 7) is 5.24. The number of carbonyl (C=O) groups excluding carboxylic acids is 1. The Kier molecular flexibility index (Phi) is 8.77. The normalized spacial score (nSPS) is 15.8. The number of nitrogens with one attached hydrogen (secondary N) is 1. The van der Waals surface area contributed by atoms with Crippen LogP contribution in [0, 0.1) is 5.92 Å². The maximum atomic E-state index is 13.0. The predicted molar refractivity (Wildman–Crippen MR) is 110 cm³/mol. The van der Waals surface area contributed by atoms with Gasteiger partial charge in [-0.3, -0.25) is 4.79 Å². The first-order valence-electron chi connectivity index (χ1n) is 10.4. The Hall–Kier alpha value is -1.40. The molecule has 1 fully saturated rings. The molecule has 1 aliphatic carbocycles. The van der Waals surface area contributed by atoms with Crippen LogP contribution in [-0.4, -0.2) is 31.7 Å². The minimum atomic E-state index is -3.49. The smallest absolute Gasteiger partial charge is 0.243 e. The predicted octanol–water partition coefficient (Wildman–Crippen LogP) is 4.80. The lowest BCUT2D eigenvalue weighted by Gasteiger charge is -2.22. The van der Waals surface area contributed by atoms with Crippen LogP contribution in [0.5, 0.6) is 0 Å². The van der Waals surface area contributed by atoms with Crippen LogP contribution in [0.15, 0.2) is 29.2 Å². The van der Waals surface area contributed by atoms with E-state index in [1.165, 1.54) is 6.42 Å². The molecule has 1 amide bonds. The molecular weight excluding hydrogens is 360 g/mol. The van der Waals surface area contributed by atoms with Crippen LogP contribution < -0.4 is 5.32 Å². The van der Waals surface area contributed by atoms with Gasteiger partial charge >= 0.3 is 0 Å². The fourth-order valence-electron chi connectivity index (χ4n) is 3.49. The molecule has 0 bridgehead atoms. The van der Waals surface area contributed by atoms with Crippen LogP contribution in [0.1, 0.15) is 71.6 Å². The van der Waals surface area contributed by atoms with Gasteiger partial charge in [0.05, 0.1) is 4.90 Å². The lowest BCUT2D eigenvalue weighted by Crippen LogP contribution is -2.33. The van der Waals surface area contributed by atoms with Crippen molar-refractivity contribution in [2.24, 2.45) is 5.92 Å². The van der Waals surface area contributed by atoms with Gasteiger partial charge in [0.2, 0.25) is 15.9 Å². The van der Waals surface area contributed by atoms with Gasteiger partial charge in [0, 0.05) is 24.7 Å². The number of hydrogen-bond acceptors (Lipinski definition) is 3. The molecule has 1 N–H and O–H groups in total. The number of nitrogens with zero attached hydrogens (tertiary/aromatic N) is 1. The molecule has 0 spiro atoms. The average Bonchev–Trinajstić information content (AvgIpc) is 2.69. The third-order valence-corrected chi connectivity index (χ3v) is 7.17. The SMILES string of the molecule is CCCCN(CCCC)S(=O)(=O)c1ccc(NC(=O)C2CCCCC2)cc1. The van der Waals surface area contributed by atoms with Crippen molar-refractivity contribution in [2.45, 2.75) is 76.5 Å². The van der Waals surface area contributed by atoms with Gasteiger partial charge in [0.15, 0.2) is 0 Å². The number of anilines is 1. The number of amides is 1. The molecule has 1 saturated carbocycles. The van der Waals surface area contributed by atoms with Gasteiger partial charge in [-0.15, -0.1) is 0 Å². The Balaban J connectivity index is 2.05. The zero-order valence-corrected chi connectivity index (χ0v) is 17.6. The number of rotatable bonds is 10. The molecule has 1 aromatic carbocycles. The van der Waals surface area contributed by atoms with Gasteiger partial charge < -0.3 is 5.32 Å². The Morgan fingerprint density at radius 1 is 1.00 bits per heavy atom. The molecule has 152 valence electrons.